The van der Waals surface area contributed by atoms with Gasteiger partial charge in [-0.15, -0.1) is 0 Å². The van der Waals surface area contributed by atoms with Gasteiger partial charge in [0.2, 0.25) is 0 Å². The predicted molar refractivity (Wildman–Crippen MR) is 156 cm³/mol. The number of nitrogens with zero attached hydrogens (tertiary/aromatic N) is 2. The van der Waals surface area contributed by atoms with Crippen molar-refractivity contribution in [3.05, 3.63) is 59.5 Å². The van der Waals surface area contributed by atoms with Crippen LogP contribution < -0.4 is 0 Å². The van der Waals surface area contributed by atoms with Crippen molar-refractivity contribution in [1.82, 2.24) is 9.78 Å². The molecule has 4 aliphatic carbocycles. The summed E-state index contributed by atoms with van der Waals surface area (Å²) in [6.07, 6.45) is 3.47. The first-order valence-electron chi connectivity index (χ1n) is 14.5. The molecule has 2 aromatic rings. The second-order valence-corrected chi connectivity index (χ2v) is 15.5. The number of sulfone groups is 1. The van der Waals surface area contributed by atoms with Gasteiger partial charge in [0.05, 0.1) is 23.1 Å². The standard InChI is InChI=1S/C32H38N2O8S/c1-16-13-31-17(2)11-23-24(30(23,3)4)21(27(31)37)12-19(15-35)26(36)32(31,39)28(16)42-29(38)25-22(14-33-34(25)5)18-7-9-20(10-8-18)43(6,40)41/h7-10,12-14,17,21,23-24,26,28,35-36,39H,11,15H2,1-6H3/t17-,21+,23-,24+,26-,28+,31+,32+/m1/s1. The van der Waals surface area contributed by atoms with Gasteiger partial charge in [-0.25, -0.2) is 13.2 Å². The monoisotopic (exact) mass is 610 g/mol. The first-order chi connectivity index (χ1) is 20.0. The summed E-state index contributed by atoms with van der Waals surface area (Å²) in [5.74, 6) is -1.82. The Hall–Kier alpha value is -3.12. The zero-order valence-electron chi connectivity index (χ0n) is 25.1. The average Bonchev–Trinajstić information content (AvgIpc) is 3.20. The summed E-state index contributed by atoms with van der Waals surface area (Å²) in [6.45, 7) is 7.26. The zero-order chi connectivity index (χ0) is 31.4. The molecule has 0 unspecified atom stereocenters. The number of hydrogen-bond donors (Lipinski definition) is 3. The average molecular weight is 611 g/mol. The number of carbonyl (C=O) groups excluding carboxylic acids is 2. The van der Waals surface area contributed by atoms with Gasteiger partial charge >= 0.3 is 5.97 Å². The molecule has 4 aliphatic rings. The summed E-state index contributed by atoms with van der Waals surface area (Å²) in [5.41, 5.74) is -2.38. The van der Waals surface area contributed by atoms with Crippen LogP contribution >= 0.6 is 0 Å². The summed E-state index contributed by atoms with van der Waals surface area (Å²) in [6, 6.07) is 6.02. The summed E-state index contributed by atoms with van der Waals surface area (Å²) >= 11 is 0. The summed E-state index contributed by atoms with van der Waals surface area (Å²) in [4.78, 5) is 28.6. The van der Waals surface area contributed by atoms with Gasteiger partial charge in [0.1, 0.15) is 6.10 Å². The minimum Gasteiger partial charge on any atom is -0.450 e. The highest BCUT2D eigenvalue weighted by atomic mass is 32.2. The lowest BCUT2D eigenvalue weighted by molar-refractivity contribution is -0.190. The molecular weight excluding hydrogens is 572 g/mol. The molecule has 3 N–H and O–H groups in total. The van der Waals surface area contributed by atoms with Crippen molar-refractivity contribution in [2.75, 3.05) is 12.9 Å². The fourth-order valence-corrected chi connectivity index (χ4v) is 9.16. The van der Waals surface area contributed by atoms with Crippen LogP contribution in [0.25, 0.3) is 11.1 Å². The molecule has 11 heteroatoms. The van der Waals surface area contributed by atoms with Crippen LogP contribution in [-0.2, 0) is 26.4 Å². The Morgan fingerprint density at radius 1 is 1.21 bits per heavy atom. The minimum atomic E-state index is -3.42. The molecule has 1 heterocycles. The smallest absolute Gasteiger partial charge is 0.357 e. The highest BCUT2D eigenvalue weighted by Gasteiger charge is 2.76. The van der Waals surface area contributed by atoms with E-state index in [2.05, 4.69) is 18.9 Å². The van der Waals surface area contributed by atoms with Crippen LogP contribution in [0.1, 0.15) is 44.6 Å². The maximum atomic E-state index is 14.6. The number of benzene rings is 1. The Kier molecular flexibility index (Phi) is 6.57. The van der Waals surface area contributed by atoms with Crippen LogP contribution in [0.15, 0.2) is 58.7 Å². The third kappa shape index (κ3) is 3.94. The van der Waals surface area contributed by atoms with Crippen molar-refractivity contribution in [3.8, 4) is 11.1 Å². The van der Waals surface area contributed by atoms with Crippen LogP contribution in [0, 0.1) is 34.5 Å². The van der Waals surface area contributed by atoms with Gasteiger partial charge in [-0.3, -0.25) is 9.48 Å². The highest BCUT2D eigenvalue weighted by Crippen LogP contribution is 2.71. The molecule has 0 radical (unpaired) electrons. The quantitative estimate of drug-likeness (QED) is 0.342. The third-order valence-corrected chi connectivity index (χ3v) is 12.0. The van der Waals surface area contributed by atoms with E-state index in [4.69, 9.17) is 4.74 Å². The van der Waals surface area contributed by atoms with E-state index < -0.39 is 51.6 Å². The molecule has 2 fully saturated rings. The molecule has 6 rings (SSSR count). The number of esters is 1. The Morgan fingerprint density at radius 2 is 1.86 bits per heavy atom. The largest absolute Gasteiger partial charge is 0.450 e. The van der Waals surface area contributed by atoms with Crippen molar-refractivity contribution in [2.24, 2.45) is 41.5 Å². The Morgan fingerprint density at radius 3 is 2.47 bits per heavy atom. The van der Waals surface area contributed by atoms with E-state index in [1.807, 2.05) is 6.92 Å². The molecule has 1 aromatic heterocycles. The van der Waals surface area contributed by atoms with Crippen LogP contribution in [0.4, 0.5) is 0 Å². The lowest BCUT2D eigenvalue weighted by Crippen LogP contribution is -2.65. The van der Waals surface area contributed by atoms with Gasteiger partial charge in [-0.05, 0) is 65.4 Å². The molecule has 1 spiro atoms. The first-order valence-corrected chi connectivity index (χ1v) is 16.4. The number of ether oxygens (including phenoxy) is 1. The number of Topliss-reactive ketones (excluding diaryl/α,β-unsaturated/α-hetero) is 1. The van der Waals surface area contributed by atoms with Gasteiger partial charge in [-0.2, -0.15) is 5.10 Å². The van der Waals surface area contributed by atoms with Crippen LogP contribution in [0.5, 0.6) is 0 Å². The molecule has 0 aliphatic heterocycles. The van der Waals surface area contributed by atoms with Gasteiger partial charge < -0.3 is 20.1 Å². The maximum Gasteiger partial charge on any atom is 0.357 e. The Bertz CT molecular complexity index is 1700. The second kappa shape index (κ2) is 9.44. The summed E-state index contributed by atoms with van der Waals surface area (Å²) in [7, 11) is -1.87. The number of carbonyl (C=O) groups is 2. The summed E-state index contributed by atoms with van der Waals surface area (Å²) < 4.78 is 31.2. The molecule has 43 heavy (non-hydrogen) atoms. The van der Waals surface area contributed by atoms with Gasteiger partial charge in [0, 0.05) is 24.8 Å². The molecule has 10 nitrogen and oxygen atoms in total. The molecule has 1 aromatic carbocycles. The van der Waals surface area contributed by atoms with E-state index in [1.165, 1.54) is 23.0 Å². The molecule has 2 bridgehead atoms. The predicted octanol–water partition coefficient (Wildman–Crippen LogP) is 2.48. The van der Waals surface area contributed by atoms with E-state index in [9.17, 15) is 33.3 Å². The number of aromatic nitrogens is 2. The first kappa shape index (κ1) is 29.9. The molecule has 230 valence electrons. The molecule has 0 saturated heterocycles. The lowest BCUT2D eigenvalue weighted by atomic mass is 9.59. The number of aliphatic hydroxyl groups excluding tert-OH is 2. The zero-order valence-corrected chi connectivity index (χ0v) is 25.9. The molecule has 2 saturated carbocycles. The van der Waals surface area contributed by atoms with E-state index in [-0.39, 0.29) is 45.1 Å². The number of allylic oxidation sites excluding steroid dienone is 1. The van der Waals surface area contributed by atoms with Crippen molar-refractivity contribution >= 4 is 21.6 Å². The lowest BCUT2D eigenvalue weighted by Gasteiger charge is -2.48. The molecular formula is C32H38N2O8S. The maximum absolute atomic E-state index is 14.6. The van der Waals surface area contributed by atoms with Gasteiger partial charge in [-0.1, -0.05) is 45.1 Å². The number of rotatable bonds is 5. The normalized spacial score (nSPS) is 36.1. The number of aliphatic hydroxyl groups is 3. The van der Waals surface area contributed by atoms with E-state index in [0.29, 0.717) is 23.1 Å². The number of fused-ring (bicyclic) bond motifs is 3. The Balaban J connectivity index is 1.41. The fraction of sp³-hybridized carbons (Fsp3) is 0.531. The van der Waals surface area contributed by atoms with Gasteiger partial charge in [0.25, 0.3) is 0 Å². The van der Waals surface area contributed by atoms with Crippen molar-refractivity contribution in [2.45, 2.75) is 56.8 Å². The van der Waals surface area contributed by atoms with Crippen LogP contribution in [-0.4, -0.2) is 75.9 Å². The van der Waals surface area contributed by atoms with E-state index in [0.717, 1.165) is 6.26 Å². The fourth-order valence-electron chi connectivity index (χ4n) is 8.53. The van der Waals surface area contributed by atoms with Crippen LogP contribution in [0.2, 0.25) is 0 Å². The highest BCUT2D eigenvalue weighted by molar-refractivity contribution is 7.90. The number of aryl methyl sites for hydroxylation is 1. The van der Waals surface area contributed by atoms with Crippen LogP contribution in [0.3, 0.4) is 0 Å². The number of ketones is 1. The SMILES string of the molecule is CC1=C[C@]23C(=O)[C@@H](C=C(CO)[C@@H](O)[C@]2(O)[C@H]1OC(=O)c1c(-c2ccc(S(C)(=O)=O)cc2)cnn1C)[C@H]1[C@@H](C[C@H]3C)C1(C)C. The minimum absolute atomic E-state index is 0.0133. The third-order valence-electron chi connectivity index (χ3n) is 10.8. The topological polar surface area (TPSA) is 156 Å². The van der Waals surface area contributed by atoms with Crippen molar-refractivity contribution in [1.29, 1.82) is 0 Å². The number of hydrogen-bond acceptors (Lipinski definition) is 9. The van der Waals surface area contributed by atoms with Crippen molar-refractivity contribution < 1.29 is 38.1 Å². The molecule has 8 atom stereocenters. The van der Waals surface area contributed by atoms with E-state index >= 15 is 0 Å². The summed E-state index contributed by atoms with van der Waals surface area (Å²) in [5, 5.41) is 39.0. The van der Waals surface area contributed by atoms with E-state index in [1.54, 1.807) is 38.3 Å². The second-order valence-electron chi connectivity index (χ2n) is 13.5. The van der Waals surface area contributed by atoms with Gasteiger partial charge in [0.15, 0.2) is 33.0 Å². The Labute approximate surface area is 251 Å². The van der Waals surface area contributed by atoms with Crippen molar-refractivity contribution in [3.63, 3.8) is 0 Å². The molecule has 0 amide bonds.